The first kappa shape index (κ1) is 10.8. The largest absolute Gasteiger partial charge is 0.513 e. The van der Waals surface area contributed by atoms with Crippen LogP contribution >= 0.6 is 11.3 Å². The second-order valence-corrected chi connectivity index (χ2v) is 3.89. The Labute approximate surface area is 86.8 Å². The molecular formula is C9H13NO3S. The van der Waals surface area contributed by atoms with Crippen molar-refractivity contribution in [3.8, 4) is 5.75 Å². The third kappa shape index (κ3) is 2.92. The summed E-state index contributed by atoms with van der Waals surface area (Å²) in [7, 11) is 1.28. The minimum atomic E-state index is -0.699. The summed E-state index contributed by atoms with van der Waals surface area (Å²) >= 11 is 1.49. The minimum absolute atomic E-state index is 0.300. The van der Waals surface area contributed by atoms with Crippen molar-refractivity contribution in [2.24, 2.45) is 0 Å². The first-order valence-electron chi connectivity index (χ1n) is 4.23. The Kier molecular flexibility index (Phi) is 3.76. The Hall–Kier alpha value is -1.23. The molecule has 0 aliphatic rings. The topological polar surface area (TPSA) is 47.6 Å². The molecule has 0 bridgehead atoms. The zero-order valence-corrected chi connectivity index (χ0v) is 9.18. The van der Waals surface area contributed by atoms with E-state index in [1.54, 1.807) is 6.07 Å². The van der Waals surface area contributed by atoms with Crippen molar-refractivity contribution in [1.82, 2.24) is 0 Å². The van der Waals surface area contributed by atoms with Crippen LogP contribution in [0, 0.1) is 0 Å². The van der Waals surface area contributed by atoms with E-state index in [2.05, 4.69) is 10.1 Å². The zero-order valence-electron chi connectivity index (χ0n) is 8.37. The van der Waals surface area contributed by atoms with E-state index in [0.717, 1.165) is 5.00 Å². The number of nitrogens with one attached hydrogen (secondary N) is 1. The van der Waals surface area contributed by atoms with Gasteiger partial charge in [0.1, 0.15) is 5.00 Å². The number of thiophene rings is 1. The molecule has 1 aromatic rings. The van der Waals surface area contributed by atoms with Gasteiger partial charge in [-0.2, -0.15) is 0 Å². The van der Waals surface area contributed by atoms with Gasteiger partial charge in [-0.15, -0.1) is 11.3 Å². The Bertz CT molecular complexity index is 309. The van der Waals surface area contributed by atoms with E-state index in [4.69, 9.17) is 4.74 Å². The van der Waals surface area contributed by atoms with Gasteiger partial charge in [0, 0.05) is 6.04 Å². The lowest BCUT2D eigenvalue weighted by Crippen LogP contribution is -2.12. The van der Waals surface area contributed by atoms with Gasteiger partial charge in [0.05, 0.1) is 7.11 Å². The van der Waals surface area contributed by atoms with Gasteiger partial charge in [0.25, 0.3) is 0 Å². The van der Waals surface area contributed by atoms with Crippen LogP contribution in [0.2, 0.25) is 0 Å². The molecule has 1 rings (SSSR count). The molecule has 0 unspecified atom stereocenters. The molecule has 0 saturated carbocycles. The quantitative estimate of drug-likeness (QED) is 0.787. The van der Waals surface area contributed by atoms with Crippen molar-refractivity contribution in [1.29, 1.82) is 0 Å². The highest BCUT2D eigenvalue weighted by atomic mass is 32.1. The molecule has 0 amide bonds. The molecule has 0 spiro atoms. The fourth-order valence-corrected chi connectivity index (χ4v) is 1.73. The smallest absolute Gasteiger partial charge is 0.437 e. The van der Waals surface area contributed by atoms with Crippen LogP contribution in [0.3, 0.4) is 0 Å². The zero-order chi connectivity index (χ0) is 10.6. The number of hydrogen-bond donors (Lipinski definition) is 1. The van der Waals surface area contributed by atoms with Crippen molar-refractivity contribution < 1.29 is 14.3 Å². The molecule has 0 fully saturated rings. The second kappa shape index (κ2) is 4.85. The number of carbonyl (C=O) groups excluding carboxylic acids is 1. The summed E-state index contributed by atoms with van der Waals surface area (Å²) in [5.74, 6) is 0.510. The highest BCUT2D eigenvalue weighted by Gasteiger charge is 2.10. The highest BCUT2D eigenvalue weighted by Crippen LogP contribution is 2.31. The Morgan fingerprint density at radius 1 is 1.57 bits per heavy atom. The molecule has 1 heterocycles. The van der Waals surface area contributed by atoms with Gasteiger partial charge in [-0.1, -0.05) is 0 Å². The monoisotopic (exact) mass is 215 g/mol. The first-order valence-corrected chi connectivity index (χ1v) is 5.11. The average Bonchev–Trinajstić information content (AvgIpc) is 2.52. The maximum absolute atomic E-state index is 10.8. The standard InChI is InChI=1S/C9H13NO3S/c1-6(2)10-8-7(4-5-14-8)13-9(11)12-3/h4-6,10H,1-3H3. The molecule has 0 atom stereocenters. The Balaban J connectivity index is 2.67. The summed E-state index contributed by atoms with van der Waals surface area (Å²) in [6, 6.07) is 2.03. The van der Waals surface area contributed by atoms with Crippen LogP contribution in [-0.4, -0.2) is 19.3 Å². The van der Waals surface area contributed by atoms with Crippen LogP contribution in [0.1, 0.15) is 13.8 Å². The van der Waals surface area contributed by atoms with E-state index in [9.17, 15) is 4.79 Å². The maximum Gasteiger partial charge on any atom is 0.513 e. The van der Waals surface area contributed by atoms with E-state index in [1.165, 1.54) is 18.4 Å². The van der Waals surface area contributed by atoms with Crippen molar-refractivity contribution in [3.05, 3.63) is 11.4 Å². The summed E-state index contributed by atoms with van der Waals surface area (Å²) in [6.45, 7) is 4.03. The SMILES string of the molecule is COC(=O)Oc1ccsc1NC(C)C. The first-order chi connectivity index (χ1) is 6.63. The van der Waals surface area contributed by atoms with Crippen LogP contribution in [-0.2, 0) is 4.74 Å². The minimum Gasteiger partial charge on any atom is -0.437 e. The predicted octanol–water partition coefficient (Wildman–Crippen LogP) is 2.71. The van der Waals surface area contributed by atoms with E-state index >= 15 is 0 Å². The molecule has 5 heteroatoms. The van der Waals surface area contributed by atoms with Crippen LogP contribution < -0.4 is 10.1 Å². The van der Waals surface area contributed by atoms with Gasteiger partial charge in [0.2, 0.25) is 0 Å². The van der Waals surface area contributed by atoms with Crippen molar-refractivity contribution >= 4 is 22.5 Å². The molecule has 78 valence electrons. The van der Waals surface area contributed by atoms with Crippen LogP contribution in [0.15, 0.2) is 11.4 Å². The van der Waals surface area contributed by atoms with Gasteiger partial charge in [-0.25, -0.2) is 4.79 Å². The van der Waals surface area contributed by atoms with Crippen molar-refractivity contribution in [3.63, 3.8) is 0 Å². The maximum atomic E-state index is 10.8. The molecule has 14 heavy (non-hydrogen) atoms. The number of anilines is 1. The average molecular weight is 215 g/mol. The highest BCUT2D eigenvalue weighted by molar-refractivity contribution is 7.14. The van der Waals surface area contributed by atoms with E-state index in [1.807, 2.05) is 19.2 Å². The predicted molar refractivity (Wildman–Crippen MR) is 56.1 cm³/mol. The van der Waals surface area contributed by atoms with Crippen LogP contribution in [0.5, 0.6) is 5.75 Å². The number of carbonyl (C=O) groups is 1. The van der Waals surface area contributed by atoms with E-state index < -0.39 is 6.16 Å². The van der Waals surface area contributed by atoms with E-state index in [0.29, 0.717) is 11.8 Å². The van der Waals surface area contributed by atoms with Gasteiger partial charge in [-0.05, 0) is 25.3 Å². The molecule has 0 aromatic carbocycles. The molecule has 4 nitrogen and oxygen atoms in total. The molecule has 0 radical (unpaired) electrons. The van der Waals surface area contributed by atoms with Gasteiger partial charge >= 0.3 is 6.16 Å². The van der Waals surface area contributed by atoms with Crippen molar-refractivity contribution in [2.45, 2.75) is 19.9 Å². The van der Waals surface area contributed by atoms with Gasteiger partial charge < -0.3 is 14.8 Å². The summed E-state index contributed by atoms with van der Waals surface area (Å²) < 4.78 is 9.32. The summed E-state index contributed by atoms with van der Waals surface area (Å²) in [4.78, 5) is 10.8. The number of ether oxygens (including phenoxy) is 2. The molecule has 1 N–H and O–H groups in total. The lowest BCUT2D eigenvalue weighted by atomic mass is 10.4. The van der Waals surface area contributed by atoms with Crippen LogP contribution in [0.4, 0.5) is 9.80 Å². The Morgan fingerprint density at radius 2 is 2.29 bits per heavy atom. The molecule has 0 aliphatic heterocycles. The van der Waals surface area contributed by atoms with Crippen molar-refractivity contribution in [2.75, 3.05) is 12.4 Å². The molecule has 1 aromatic heterocycles. The fraction of sp³-hybridized carbons (Fsp3) is 0.444. The normalized spacial score (nSPS) is 10.0. The molecular weight excluding hydrogens is 202 g/mol. The number of hydrogen-bond acceptors (Lipinski definition) is 5. The number of rotatable bonds is 3. The lowest BCUT2D eigenvalue weighted by Gasteiger charge is -2.09. The fourth-order valence-electron chi connectivity index (χ4n) is 0.877. The second-order valence-electron chi connectivity index (χ2n) is 2.97. The van der Waals surface area contributed by atoms with Crippen LogP contribution in [0.25, 0.3) is 0 Å². The van der Waals surface area contributed by atoms with Gasteiger partial charge in [0.15, 0.2) is 5.75 Å². The summed E-state index contributed by atoms with van der Waals surface area (Å²) in [5.41, 5.74) is 0. The summed E-state index contributed by atoms with van der Waals surface area (Å²) in [5, 5.41) is 5.86. The lowest BCUT2D eigenvalue weighted by molar-refractivity contribution is 0.122. The third-order valence-corrected chi connectivity index (χ3v) is 2.24. The number of methoxy groups -OCH3 is 1. The Morgan fingerprint density at radius 3 is 2.86 bits per heavy atom. The molecule has 0 aliphatic carbocycles. The van der Waals surface area contributed by atoms with Gasteiger partial charge in [-0.3, -0.25) is 0 Å². The van der Waals surface area contributed by atoms with E-state index in [-0.39, 0.29) is 0 Å². The molecule has 0 saturated heterocycles. The third-order valence-electron chi connectivity index (χ3n) is 1.41. The summed E-state index contributed by atoms with van der Waals surface area (Å²) in [6.07, 6.45) is -0.699.